The molecule has 2 aliphatic heterocycles. The molecule has 1 N–H and O–H groups in total. The van der Waals surface area contributed by atoms with E-state index in [9.17, 15) is 15.2 Å². The average Bonchev–Trinajstić information content (AvgIpc) is 3.12. The van der Waals surface area contributed by atoms with Crippen LogP contribution in [0.2, 0.25) is 0 Å². The van der Waals surface area contributed by atoms with Crippen molar-refractivity contribution in [1.29, 1.82) is 0 Å². The standard InChI is InChI=1S/C12H9N5O3S2/c1-6-13-14-12-15(6)16-10(22-12)5-21-11(16)7-2-3-9(18)8(4-7)17(19)20/h2-5,11,18H,1H3. The van der Waals surface area contributed by atoms with Crippen molar-refractivity contribution in [2.45, 2.75) is 17.5 Å². The van der Waals surface area contributed by atoms with Gasteiger partial charge < -0.3 is 5.11 Å². The van der Waals surface area contributed by atoms with Gasteiger partial charge >= 0.3 is 5.69 Å². The van der Waals surface area contributed by atoms with Crippen molar-refractivity contribution in [1.82, 2.24) is 14.9 Å². The van der Waals surface area contributed by atoms with Gasteiger partial charge in [0.2, 0.25) is 5.16 Å². The lowest BCUT2D eigenvalue weighted by Crippen LogP contribution is -2.30. The quantitative estimate of drug-likeness (QED) is 0.660. The van der Waals surface area contributed by atoms with Crippen molar-refractivity contribution in [2.75, 3.05) is 5.01 Å². The molecule has 0 amide bonds. The molecule has 8 nitrogen and oxygen atoms in total. The third-order valence-corrected chi connectivity index (χ3v) is 5.60. The molecule has 0 aliphatic carbocycles. The SMILES string of the molecule is Cc1nnc2n1N1C(=CSC1c1ccc(O)c([N+](=O)[O-])c1)S2. The molecule has 3 heterocycles. The zero-order chi connectivity index (χ0) is 15.4. The number of aromatic hydroxyl groups is 1. The van der Waals surface area contributed by atoms with Gasteiger partial charge in [-0.25, -0.2) is 4.68 Å². The van der Waals surface area contributed by atoms with Crippen LogP contribution in [0.4, 0.5) is 5.69 Å². The number of phenolic OH excluding ortho intramolecular Hbond substituents is 1. The smallest absolute Gasteiger partial charge is 0.311 e. The van der Waals surface area contributed by atoms with Gasteiger partial charge in [-0.3, -0.25) is 15.1 Å². The van der Waals surface area contributed by atoms with Gasteiger partial charge in [0.15, 0.2) is 11.6 Å². The van der Waals surface area contributed by atoms with Gasteiger partial charge in [-0.15, -0.1) is 10.2 Å². The predicted molar refractivity (Wildman–Crippen MR) is 82.0 cm³/mol. The third kappa shape index (κ3) is 1.80. The molecule has 10 heteroatoms. The van der Waals surface area contributed by atoms with Crippen LogP contribution < -0.4 is 5.01 Å². The Labute approximate surface area is 132 Å². The summed E-state index contributed by atoms with van der Waals surface area (Å²) in [7, 11) is 0. The van der Waals surface area contributed by atoms with Gasteiger partial charge in [-0.05, 0) is 30.3 Å². The number of hydrogen-bond acceptors (Lipinski definition) is 8. The van der Waals surface area contributed by atoms with Crippen LogP contribution >= 0.6 is 23.5 Å². The minimum Gasteiger partial charge on any atom is -0.502 e. The summed E-state index contributed by atoms with van der Waals surface area (Å²) in [5.41, 5.74) is 0.446. The van der Waals surface area contributed by atoms with Gasteiger partial charge in [0.25, 0.3) is 0 Å². The van der Waals surface area contributed by atoms with Crippen molar-refractivity contribution < 1.29 is 10.0 Å². The van der Waals surface area contributed by atoms with Gasteiger partial charge in [-0.2, -0.15) is 0 Å². The molecule has 1 atom stereocenters. The minimum absolute atomic E-state index is 0.155. The van der Waals surface area contributed by atoms with E-state index >= 15 is 0 Å². The lowest BCUT2D eigenvalue weighted by atomic mass is 10.2. The lowest BCUT2D eigenvalue weighted by molar-refractivity contribution is -0.385. The van der Waals surface area contributed by atoms with E-state index in [0.717, 1.165) is 21.6 Å². The Balaban J connectivity index is 1.78. The third-order valence-electron chi connectivity index (χ3n) is 3.41. The molecule has 112 valence electrons. The summed E-state index contributed by atoms with van der Waals surface area (Å²) in [5, 5.41) is 34.4. The highest BCUT2D eigenvalue weighted by Gasteiger charge is 2.39. The number of benzene rings is 1. The van der Waals surface area contributed by atoms with Gasteiger partial charge in [0, 0.05) is 11.5 Å². The molecule has 2 aromatic rings. The summed E-state index contributed by atoms with van der Waals surface area (Å²) in [4.78, 5) is 10.4. The molecule has 0 fully saturated rings. The summed E-state index contributed by atoms with van der Waals surface area (Å²) in [6.07, 6.45) is 0. The highest BCUT2D eigenvalue weighted by Crippen LogP contribution is 2.51. The largest absolute Gasteiger partial charge is 0.502 e. The summed E-state index contributed by atoms with van der Waals surface area (Å²) in [5.74, 6) is 0.425. The second-order valence-electron chi connectivity index (χ2n) is 4.74. The molecule has 2 aliphatic rings. The first-order chi connectivity index (χ1) is 10.6. The zero-order valence-electron chi connectivity index (χ0n) is 11.2. The van der Waals surface area contributed by atoms with Crippen molar-refractivity contribution in [3.63, 3.8) is 0 Å². The fraction of sp³-hybridized carbons (Fsp3) is 0.167. The molecular weight excluding hydrogens is 326 g/mol. The summed E-state index contributed by atoms with van der Waals surface area (Å²) < 4.78 is 1.90. The molecule has 0 bridgehead atoms. The second-order valence-corrected chi connectivity index (χ2v) is 6.68. The Morgan fingerprint density at radius 3 is 3.00 bits per heavy atom. The van der Waals surface area contributed by atoms with E-state index in [2.05, 4.69) is 10.2 Å². The van der Waals surface area contributed by atoms with Crippen LogP contribution in [0.3, 0.4) is 0 Å². The lowest BCUT2D eigenvalue weighted by Gasteiger charge is -2.25. The topological polar surface area (TPSA) is 97.3 Å². The predicted octanol–water partition coefficient (Wildman–Crippen LogP) is 2.49. The van der Waals surface area contributed by atoms with Crippen molar-refractivity contribution in [2.24, 2.45) is 0 Å². The molecule has 0 spiro atoms. The second kappa shape index (κ2) is 4.65. The molecule has 1 aromatic carbocycles. The average molecular weight is 335 g/mol. The van der Waals surface area contributed by atoms with Crippen LogP contribution in [0, 0.1) is 17.0 Å². The Hall–Kier alpha value is -2.20. The normalized spacial score (nSPS) is 19.0. The van der Waals surface area contributed by atoms with Crippen LogP contribution in [0.5, 0.6) is 5.75 Å². The van der Waals surface area contributed by atoms with Crippen LogP contribution in [0.1, 0.15) is 16.8 Å². The van der Waals surface area contributed by atoms with Crippen LogP contribution in [0.15, 0.2) is 33.8 Å². The number of nitrogens with zero attached hydrogens (tertiary/aromatic N) is 5. The van der Waals surface area contributed by atoms with E-state index in [-0.39, 0.29) is 16.8 Å². The van der Waals surface area contributed by atoms with E-state index in [4.69, 9.17) is 0 Å². The number of nitro benzene ring substituents is 1. The highest BCUT2D eigenvalue weighted by molar-refractivity contribution is 8.07. The Bertz CT molecular complexity index is 834. The number of rotatable bonds is 2. The molecule has 22 heavy (non-hydrogen) atoms. The number of fused-ring (bicyclic) bond motifs is 3. The number of aryl methyl sites for hydroxylation is 1. The van der Waals surface area contributed by atoms with Crippen molar-refractivity contribution >= 4 is 29.2 Å². The number of nitro groups is 1. The summed E-state index contributed by atoms with van der Waals surface area (Å²) in [6, 6.07) is 4.46. The molecule has 0 saturated heterocycles. The maximum Gasteiger partial charge on any atom is 0.311 e. The van der Waals surface area contributed by atoms with Gasteiger partial charge in [0.1, 0.15) is 10.4 Å². The highest BCUT2D eigenvalue weighted by atomic mass is 32.2. The Morgan fingerprint density at radius 2 is 2.23 bits per heavy atom. The van der Waals surface area contributed by atoms with Gasteiger partial charge in [-0.1, -0.05) is 17.8 Å². The van der Waals surface area contributed by atoms with Crippen LogP contribution in [0.25, 0.3) is 0 Å². The minimum atomic E-state index is -0.582. The molecular formula is C12H9N5O3S2. The molecule has 4 rings (SSSR count). The van der Waals surface area contributed by atoms with Crippen molar-refractivity contribution in [3.05, 3.63) is 50.1 Å². The molecule has 1 aromatic heterocycles. The fourth-order valence-electron chi connectivity index (χ4n) is 2.43. The van der Waals surface area contributed by atoms with E-state index in [1.54, 1.807) is 17.8 Å². The maximum absolute atomic E-state index is 11.0. The first-order valence-electron chi connectivity index (χ1n) is 6.28. The molecule has 0 saturated carbocycles. The number of hydrogen-bond donors (Lipinski definition) is 1. The van der Waals surface area contributed by atoms with Gasteiger partial charge in [0.05, 0.1) is 4.92 Å². The molecule has 1 unspecified atom stereocenters. The first kappa shape index (κ1) is 13.5. The van der Waals surface area contributed by atoms with Crippen LogP contribution in [-0.2, 0) is 0 Å². The maximum atomic E-state index is 11.0. The summed E-state index contributed by atoms with van der Waals surface area (Å²) in [6.45, 7) is 1.86. The monoisotopic (exact) mass is 335 g/mol. The van der Waals surface area contributed by atoms with E-state index in [1.165, 1.54) is 23.9 Å². The van der Waals surface area contributed by atoms with E-state index in [0.29, 0.717) is 0 Å². The number of aromatic nitrogens is 3. The first-order valence-corrected chi connectivity index (χ1v) is 8.04. The van der Waals surface area contributed by atoms with E-state index in [1.807, 2.05) is 22.0 Å². The summed E-state index contributed by atoms with van der Waals surface area (Å²) >= 11 is 3.06. The van der Waals surface area contributed by atoms with Crippen molar-refractivity contribution in [3.8, 4) is 5.75 Å². The molecule has 0 radical (unpaired) electrons. The zero-order valence-corrected chi connectivity index (χ0v) is 12.8. The Morgan fingerprint density at radius 1 is 1.41 bits per heavy atom. The Kier molecular flexibility index (Phi) is 2.84. The van der Waals surface area contributed by atoms with E-state index < -0.39 is 4.92 Å². The number of phenols is 1. The fourth-order valence-corrected chi connectivity index (χ4v) is 4.69. The number of thioether (sulfide) groups is 2. The van der Waals surface area contributed by atoms with Crippen LogP contribution in [-0.4, -0.2) is 24.9 Å².